The summed E-state index contributed by atoms with van der Waals surface area (Å²) in [6.07, 6.45) is 3.03. The second-order valence-corrected chi connectivity index (χ2v) is 6.96. The third-order valence-corrected chi connectivity index (χ3v) is 4.81. The van der Waals surface area contributed by atoms with Gasteiger partial charge >= 0.3 is 0 Å². The highest BCUT2D eigenvalue weighted by Gasteiger charge is 2.29. The van der Waals surface area contributed by atoms with Crippen molar-refractivity contribution in [3.05, 3.63) is 77.2 Å². The minimum absolute atomic E-state index is 0.217. The molecule has 0 unspecified atom stereocenters. The smallest absolute Gasteiger partial charge is 0.248 e. The zero-order valence-electron chi connectivity index (χ0n) is 15.2. The molecule has 4 aromatic rings. The summed E-state index contributed by atoms with van der Waals surface area (Å²) < 4.78 is 5.67. The van der Waals surface area contributed by atoms with Crippen molar-refractivity contribution in [1.29, 1.82) is 0 Å². The molecule has 6 nitrogen and oxygen atoms in total. The molecule has 0 radical (unpaired) electrons. The minimum atomic E-state index is -0.285. The number of aromatic nitrogens is 3. The van der Waals surface area contributed by atoms with Crippen molar-refractivity contribution in [3.63, 3.8) is 0 Å². The van der Waals surface area contributed by atoms with E-state index in [0.29, 0.717) is 32.7 Å². The van der Waals surface area contributed by atoms with E-state index >= 15 is 0 Å². The molecule has 2 heterocycles. The second kappa shape index (κ2) is 8.03. The number of para-hydroxylation sites is 1. The van der Waals surface area contributed by atoms with E-state index in [-0.39, 0.29) is 11.8 Å². The van der Waals surface area contributed by atoms with Crippen LogP contribution in [0, 0.1) is 0 Å². The van der Waals surface area contributed by atoms with Crippen LogP contribution in [0.25, 0.3) is 22.5 Å². The molecule has 2 aromatic heterocycles. The fourth-order valence-electron chi connectivity index (χ4n) is 2.96. The van der Waals surface area contributed by atoms with Gasteiger partial charge in [-0.1, -0.05) is 52.6 Å². The lowest BCUT2D eigenvalue weighted by atomic mass is 10.0. The van der Waals surface area contributed by atoms with Crippen LogP contribution in [0.1, 0.15) is 6.92 Å². The SMILES string of the molecule is CC(=O)N(c1ccccc1Cl)c1onc(-c2ccc(Cl)cc2)c1-c1ccncn1. The van der Waals surface area contributed by atoms with Crippen molar-refractivity contribution in [2.24, 2.45) is 0 Å². The molecule has 0 fully saturated rings. The van der Waals surface area contributed by atoms with Crippen LogP contribution in [0.5, 0.6) is 0 Å². The maximum Gasteiger partial charge on any atom is 0.248 e. The molecule has 144 valence electrons. The molecule has 0 aliphatic heterocycles. The van der Waals surface area contributed by atoms with E-state index in [1.165, 1.54) is 18.2 Å². The van der Waals surface area contributed by atoms with Crippen LogP contribution in [0.4, 0.5) is 11.6 Å². The van der Waals surface area contributed by atoms with Gasteiger partial charge in [0.15, 0.2) is 0 Å². The summed E-state index contributed by atoms with van der Waals surface area (Å²) in [6.45, 7) is 1.43. The van der Waals surface area contributed by atoms with E-state index in [2.05, 4.69) is 15.1 Å². The van der Waals surface area contributed by atoms with Crippen molar-refractivity contribution in [1.82, 2.24) is 15.1 Å². The zero-order valence-corrected chi connectivity index (χ0v) is 16.7. The van der Waals surface area contributed by atoms with Crippen LogP contribution in [-0.2, 0) is 4.79 Å². The number of anilines is 2. The van der Waals surface area contributed by atoms with Crippen LogP contribution in [0.3, 0.4) is 0 Å². The van der Waals surface area contributed by atoms with E-state index in [1.54, 1.807) is 48.7 Å². The normalized spacial score (nSPS) is 10.7. The average molecular weight is 425 g/mol. The summed E-state index contributed by atoms with van der Waals surface area (Å²) in [7, 11) is 0. The highest BCUT2D eigenvalue weighted by molar-refractivity contribution is 6.34. The first kappa shape index (κ1) is 19.1. The van der Waals surface area contributed by atoms with Gasteiger partial charge in [0.05, 0.1) is 22.0 Å². The Kier molecular flexibility index (Phi) is 5.29. The van der Waals surface area contributed by atoms with Gasteiger partial charge in [-0.05, 0) is 30.3 Å². The summed E-state index contributed by atoms with van der Waals surface area (Å²) in [4.78, 5) is 22.3. The van der Waals surface area contributed by atoms with Gasteiger partial charge in [-0.25, -0.2) is 14.9 Å². The van der Waals surface area contributed by atoms with Crippen LogP contribution in [-0.4, -0.2) is 21.0 Å². The lowest BCUT2D eigenvalue weighted by Gasteiger charge is -2.20. The number of hydrogen-bond acceptors (Lipinski definition) is 5. The first-order chi connectivity index (χ1) is 14.1. The molecule has 2 aromatic carbocycles. The van der Waals surface area contributed by atoms with Crippen LogP contribution in [0.2, 0.25) is 10.0 Å². The molecule has 29 heavy (non-hydrogen) atoms. The van der Waals surface area contributed by atoms with Gasteiger partial charge in [0, 0.05) is 23.7 Å². The highest BCUT2D eigenvalue weighted by Crippen LogP contribution is 2.42. The van der Waals surface area contributed by atoms with E-state index in [4.69, 9.17) is 27.7 Å². The fraction of sp³-hybridized carbons (Fsp3) is 0.0476. The molecule has 0 N–H and O–H groups in total. The number of halogens is 2. The van der Waals surface area contributed by atoms with E-state index in [0.717, 1.165) is 5.56 Å². The maximum atomic E-state index is 12.6. The van der Waals surface area contributed by atoms with Crippen molar-refractivity contribution >= 4 is 40.7 Å². The van der Waals surface area contributed by atoms with Gasteiger partial charge in [-0.3, -0.25) is 4.79 Å². The second-order valence-electron chi connectivity index (χ2n) is 6.12. The Hall–Kier alpha value is -3.22. The predicted octanol–water partition coefficient (Wildman–Crippen LogP) is 5.79. The maximum absolute atomic E-state index is 12.6. The third kappa shape index (κ3) is 3.72. The number of nitrogens with zero attached hydrogens (tertiary/aromatic N) is 4. The van der Waals surface area contributed by atoms with Gasteiger partial charge in [0.1, 0.15) is 12.0 Å². The molecular formula is C21H14Cl2N4O2. The summed E-state index contributed by atoms with van der Waals surface area (Å²) in [5.74, 6) is -0.0681. The van der Waals surface area contributed by atoms with Gasteiger partial charge in [-0.15, -0.1) is 0 Å². The standard InChI is InChI=1S/C21H14Cl2N4O2/c1-13(28)27(18-5-3-2-4-16(18)23)21-19(17-10-11-24-12-25-17)20(26-29-21)14-6-8-15(22)9-7-14/h2-12H,1H3. The van der Waals surface area contributed by atoms with E-state index < -0.39 is 0 Å². The molecule has 0 spiro atoms. The first-order valence-electron chi connectivity index (χ1n) is 8.63. The van der Waals surface area contributed by atoms with Gasteiger partial charge in [0.2, 0.25) is 11.8 Å². The van der Waals surface area contributed by atoms with Crippen molar-refractivity contribution in [3.8, 4) is 22.5 Å². The summed E-state index contributed by atoms with van der Waals surface area (Å²) >= 11 is 12.4. The van der Waals surface area contributed by atoms with Crippen molar-refractivity contribution in [2.75, 3.05) is 4.90 Å². The van der Waals surface area contributed by atoms with Crippen LogP contribution < -0.4 is 4.90 Å². The topological polar surface area (TPSA) is 72.1 Å². The van der Waals surface area contributed by atoms with Gasteiger partial charge in [0.25, 0.3) is 0 Å². The van der Waals surface area contributed by atoms with E-state index in [9.17, 15) is 4.79 Å². The molecule has 1 amide bonds. The molecule has 0 bridgehead atoms. The third-order valence-electron chi connectivity index (χ3n) is 4.24. The Morgan fingerprint density at radius 1 is 1.03 bits per heavy atom. The van der Waals surface area contributed by atoms with Crippen molar-refractivity contribution in [2.45, 2.75) is 6.92 Å². The van der Waals surface area contributed by atoms with E-state index in [1.807, 2.05) is 12.1 Å². The number of hydrogen-bond donors (Lipinski definition) is 0. The van der Waals surface area contributed by atoms with Crippen molar-refractivity contribution < 1.29 is 9.32 Å². The zero-order chi connectivity index (χ0) is 20.4. The average Bonchev–Trinajstić information content (AvgIpc) is 3.15. The lowest BCUT2D eigenvalue weighted by molar-refractivity contribution is -0.116. The Morgan fingerprint density at radius 3 is 2.45 bits per heavy atom. The predicted molar refractivity (Wildman–Crippen MR) is 112 cm³/mol. The molecule has 0 atom stereocenters. The fourth-order valence-corrected chi connectivity index (χ4v) is 3.31. The molecule has 8 heteroatoms. The molecule has 4 rings (SSSR count). The minimum Gasteiger partial charge on any atom is -0.336 e. The summed E-state index contributed by atoms with van der Waals surface area (Å²) in [5, 5.41) is 5.24. The summed E-state index contributed by atoms with van der Waals surface area (Å²) in [5.41, 5.74) is 2.87. The van der Waals surface area contributed by atoms with Crippen LogP contribution >= 0.6 is 23.2 Å². The first-order valence-corrected chi connectivity index (χ1v) is 9.39. The summed E-state index contributed by atoms with van der Waals surface area (Å²) in [6, 6.07) is 15.9. The molecule has 0 saturated heterocycles. The highest BCUT2D eigenvalue weighted by atomic mass is 35.5. The Bertz CT molecular complexity index is 1160. The van der Waals surface area contributed by atoms with Gasteiger partial charge < -0.3 is 4.52 Å². The number of rotatable bonds is 4. The molecule has 0 saturated carbocycles. The lowest BCUT2D eigenvalue weighted by Crippen LogP contribution is -2.23. The Balaban J connectivity index is 1.97. The quantitative estimate of drug-likeness (QED) is 0.414. The molecule has 0 aliphatic rings. The molecule has 0 aliphatic carbocycles. The number of amides is 1. The largest absolute Gasteiger partial charge is 0.336 e. The van der Waals surface area contributed by atoms with Crippen LogP contribution in [0.15, 0.2) is 71.6 Å². The monoisotopic (exact) mass is 424 g/mol. The Morgan fingerprint density at radius 2 is 1.79 bits per heavy atom. The number of carbonyl (C=O) groups excluding carboxylic acids is 1. The number of benzene rings is 2. The molecular weight excluding hydrogens is 411 g/mol. The Labute approximate surface area is 176 Å². The van der Waals surface area contributed by atoms with Gasteiger partial charge in [-0.2, -0.15) is 0 Å². The number of carbonyl (C=O) groups is 1.